The number of hydrogen-bond acceptors (Lipinski definition) is 6. The molecular formula is C33H39ClN4O5. The second-order valence-electron chi connectivity index (χ2n) is 12.8. The number of benzene rings is 1. The standard InChI is InChI=1S/C33H39ClN4O5/c1-32(2,19-39)29(40)38-15-13-22(14-16-38)21-7-9-23(10-8-21)27-25(34)17-26-28(36-27)37-31(35-26)43-18-20-5-11-24(12-6-20)33(3,4)30(41)42/h7-10,13,17-18,24,39H,5-6,11-12,14-16,19H2,1-4H3,(H,41,42)(H,35,36,37). The molecule has 1 saturated carbocycles. The minimum absolute atomic E-state index is 0.0374. The molecule has 0 saturated heterocycles. The Kier molecular flexibility index (Phi) is 8.68. The number of amides is 1. The molecule has 228 valence electrons. The number of carbonyl (C=O) groups is 2. The van der Waals surface area contributed by atoms with Gasteiger partial charge in [-0.25, -0.2) is 4.98 Å². The van der Waals surface area contributed by atoms with Crippen molar-refractivity contribution >= 4 is 40.2 Å². The van der Waals surface area contributed by atoms with E-state index in [1.807, 2.05) is 24.3 Å². The Morgan fingerprint density at radius 3 is 2.37 bits per heavy atom. The maximum Gasteiger partial charge on any atom is 0.309 e. The fourth-order valence-electron chi connectivity index (χ4n) is 5.75. The fourth-order valence-corrected chi connectivity index (χ4v) is 6.01. The molecule has 3 aromatic rings. The fraction of sp³-hybridized carbons (Fsp3) is 0.455. The predicted molar refractivity (Wildman–Crippen MR) is 166 cm³/mol. The van der Waals surface area contributed by atoms with Crippen LogP contribution in [0.5, 0.6) is 6.01 Å². The molecule has 0 unspecified atom stereocenters. The smallest absolute Gasteiger partial charge is 0.309 e. The number of ether oxygens (including phenoxy) is 1. The lowest BCUT2D eigenvalue weighted by Crippen LogP contribution is -2.44. The van der Waals surface area contributed by atoms with Crippen molar-refractivity contribution in [2.75, 3.05) is 19.7 Å². The van der Waals surface area contributed by atoms with Gasteiger partial charge >= 0.3 is 12.0 Å². The number of carboxylic acids is 1. The number of halogens is 1. The Hall–Kier alpha value is -3.69. The molecule has 1 aromatic carbocycles. The molecule has 0 bridgehead atoms. The summed E-state index contributed by atoms with van der Waals surface area (Å²) in [6.07, 6.45) is 7.74. The van der Waals surface area contributed by atoms with Crippen LogP contribution in [0.25, 0.3) is 28.0 Å². The third kappa shape index (κ3) is 6.48. The van der Waals surface area contributed by atoms with Crippen molar-refractivity contribution in [2.45, 2.75) is 59.8 Å². The lowest BCUT2D eigenvalue weighted by atomic mass is 9.70. The Bertz CT molecular complexity index is 1580. The first-order valence-electron chi connectivity index (χ1n) is 14.7. The van der Waals surface area contributed by atoms with Gasteiger partial charge in [0.25, 0.3) is 0 Å². The van der Waals surface area contributed by atoms with E-state index in [2.05, 4.69) is 16.0 Å². The van der Waals surface area contributed by atoms with Crippen molar-refractivity contribution in [2.24, 2.45) is 16.7 Å². The second kappa shape index (κ2) is 12.1. The molecule has 0 spiro atoms. The van der Waals surface area contributed by atoms with Gasteiger partial charge in [0.15, 0.2) is 5.65 Å². The molecule has 5 rings (SSSR count). The third-order valence-corrected chi connectivity index (χ3v) is 9.23. The molecule has 1 aliphatic heterocycles. The van der Waals surface area contributed by atoms with Crippen LogP contribution < -0.4 is 4.74 Å². The summed E-state index contributed by atoms with van der Waals surface area (Å²) in [7, 11) is 0. The SMILES string of the molecule is CC(C)(CO)C(=O)N1CC=C(c2ccc(-c3nc4nc(OC=C5CCC(C(C)(C)C(=O)O)CC5)[nH]c4cc3Cl)cc2)CC1. The van der Waals surface area contributed by atoms with Gasteiger partial charge < -0.3 is 24.8 Å². The summed E-state index contributed by atoms with van der Waals surface area (Å²) >= 11 is 6.63. The molecule has 2 aliphatic rings. The van der Waals surface area contributed by atoms with Crippen LogP contribution in [0, 0.1) is 16.7 Å². The van der Waals surface area contributed by atoms with Crippen LogP contribution in [0.4, 0.5) is 0 Å². The number of aliphatic hydroxyl groups is 1. The highest BCUT2D eigenvalue weighted by atomic mass is 35.5. The number of aliphatic carboxylic acids is 1. The van der Waals surface area contributed by atoms with Gasteiger partial charge in [0.1, 0.15) is 0 Å². The molecule has 10 heteroatoms. The summed E-state index contributed by atoms with van der Waals surface area (Å²) in [5.41, 5.74) is 4.53. The molecule has 9 nitrogen and oxygen atoms in total. The van der Waals surface area contributed by atoms with Crippen molar-refractivity contribution in [3.63, 3.8) is 0 Å². The van der Waals surface area contributed by atoms with Gasteiger partial charge in [-0.15, -0.1) is 0 Å². The van der Waals surface area contributed by atoms with E-state index in [0.29, 0.717) is 41.0 Å². The summed E-state index contributed by atoms with van der Waals surface area (Å²) in [4.78, 5) is 38.4. The van der Waals surface area contributed by atoms with Crippen molar-refractivity contribution in [3.8, 4) is 17.3 Å². The van der Waals surface area contributed by atoms with E-state index in [0.717, 1.165) is 48.8 Å². The second-order valence-corrected chi connectivity index (χ2v) is 13.2. The Morgan fingerprint density at radius 1 is 1.09 bits per heavy atom. The molecule has 1 amide bonds. The number of aliphatic hydroxyl groups excluding tert-OH is 1. The van der Waals surface area contributed by atoms with E-state index in [1.165, 1.54) is 5.57 Å². The number of rotatable bonds is 8. The van der Waals surface area contributed by atoms with Crippen molar-refractivity contribution in [1.82, 2.24) is 19.9 Å². The minimum atomic E-state index is -0.777. The molecule has 3 N–H and O–H groups in total. The molecule has 0 atom stereocenters. The average Bonchev–Trinajstić information content (AvgIpc) is 3.41. The zero-order valence-electron chi connectivity index (χ0n) is 25.1. The van der Waals surface area contributed by atoms with Gasteiger partial charge in [-0.1, -0.05) is 41.9 Å². The predicted octanol–water partition coefficient (Wildman–Crippen LogP) is 6.48. The van der Waals surface area contributed by atoms with E-state index in [1.54, 1.807) is 44.9 Å². The van der Waals surface area contributed by atoms with Crippen LogP contribution >= 0.6 is 11.6 Å². The number of H-pyrrole nitrogens is 1. The van der Waals surface area contributed by atoms with Gasteiger partial charge in [0.2, 0.25) is 5.91 Å². The van der Waals surface area contributed by atoms with Crippen LogP contribution in [0.1, 0.15) is 65.4 Å². The van der Waals surface area contributed by atoms with Gasteiger partial charge in [-0.2, -0.15) is 4.98 Å². The average molecular weight is 607 g/mol. The van der Waals surface area contributed by atoms with Crippen LogP contribution in [0.2, 0.25) is 5.02 Å². The maximum absolute atomic E-state index is 12.7. The summed E-state index contributed by atoms with van der Waals surface area (Å²) in [5.74, 6) is -0.654. The summed E-state index contributed by atoms with van der Waals surface area (Å²) < 4.78 is 5.84. The topological polar surface area (TPSA) is 129 Å². The van der Waals surface area contributed by atoms with Gasteiger partial charge in [-0.05, 0) is 88.5 Å². The van der Waals surface area contributed by atoms with Gasteiger partial charge in [0.05, 0.1) is 39.9 Å². The lowest BCUT2D eigenvalue weighted by molar-refractivity contribution is -0.150. The number of aromatic nitrogens is 3. The first-order valence-corrected chi connectivity index (χ1v) is 15.1. The highest BCUT2D eigenvalue weighted by molar-refractivity contribution is 6.33. The van der Waals surface area contributed by atoms with E-state index in [4.69, 9.17) is 21.3 Å². The van der Waals surface area contributed by atoms with E-state index in [-0.39, 0.29) is 18.4 Å². The first kappa shape index (κ1) is 30.8. The summed E-state index contributed by atoms with van der Waals surface area (Å²) in [6.45, 7) is 8.08. The maximum atomic E-state index is 12.7. The largest absolute Gasteiger partial charge is 0.481 e. The quantitative estimate of drug-likeness (QED) is 0.250. The molecule has 3 heterocycles. The normalized spacial score (nSPS) is 18.0. The summed E-state index contributed by atoms with van der Waals surface area (Å²) in [5, 5.41) is 19.5. The van der Waals surface area contributed by atoms with Crippen molar-refractivity contribution < 1.29 is 24.5 Å². The van der Waals surface area contributed by atoms with Crippen LogP contribution in [0.15, 0.2) is 48.2 Å². The Balaban J connectivity index is 1.24. The molecule has 2 aromatic heterocycles. The number of fused-ring (bicyclic) bond motifs is 1. The molecule has 0 radical (unpaired) electrons. The number of carboxylic acid groups (broad SMARTS) is 1. The lowest BCUT2D eigenvalue weighted by Gasteiger charge is -2.34. The number of pyridine rings is 1. The molecule has 1 aliphatic carbocycles. The number of nitrogens with one attached hydrogen (secondary N) is 1. The Morgan fingerprint density at radius 2 is 1.77 bits per heavy atom. The van der Waals surface area contributed by atoms with E-state index in [9.17, 15) is 19.8 Å². The minimum Gasteiger partial charge on any atom is -0.481 e. The highest BCUT2D eigenvalue weighted by Crippen LogP contribution is 2.40. The van der Waals surface area contributed by atoms with Crippen molar-refractivity contribution in [1.29, 1.82) is 0 Å². The number of imidazole rings is 1. The highest BCUT2D eigenvalue weighted by Gasteiger charge is 2.38. The zero-order chi connectivity index (χ0) is 30.9. The first-order chi connectivity index (χ1) is 20.4. The van der Waals surface area contributed by atoms with Crippen molar-refractivity contribution in [3.05, 3.63) is 58.8 Å². The van der Waals surface area contributed by atoms with Gasteiger partial charge in [0, 0.05) is 18.7 Å². The van der Waals surface area contributed by atoms with Crippen LogP contribution in [0.3, 0.4) is 0 Å². The third-order valence-electron chi connectivity index (χ3n) is 8.94. The van der Waals surface area contributed by atoms with Gasteiger partial charge in [-0.3, -0.25) is 9.59 Å². The zero-order valence-corrected chi connectivity index (χ0v) is 25.9. The monoisotopic (exact) mass is 606 g/mol. The molecule has 1 fully saturated rings. The summed E-state index contributed by atoms with van der Waals surface area (Å²) in [6, 6.07) is 10.2. The van der Waals surface area contributed by atoms with E-state index < -0.39 is 16.8 Å². The van der Waals surface area contributed by atoms with E-state index >= 15 is 0 Å². The number of nitrogens with zero attached hydrogens (tertiary/aromatic N) is 3. The molecular weight excluding hydrogens is 568 g/mol. The number of hydrogen-bond donors (Lipinski definition) is 3. The Labute approximate surface area is 256 Å². The molecule has 43 heavy (non-hydrogen) atoms. The van der Waals surface area contributed by atoms with Crippen LogP contribution in [-0.2, 0) is 9.59 Å². The van der Waals surface area contributed by atoms with Crippen LogP contribution in [-0.4, -0.2) is 61.6 Å². The number of aromatic amines is 1. The number of allylic oxidation sites excluding steroid dienone is 1. The number of carbonyl (C=O) groups excluding carboxylic acids is 1.